The maximum Gasteiger partial charge on any atom is 0.340 e. The van der Waals surface area contributed by atoms with Crippen molar-refractivity contribution < 1.29 is 19.1 Å². The summed E-state index contributed by atoms with van der Waals surface area (Å²) >= 11 is 6.00. The molecule has 1 aromatic heterocycles. The molecule has 0 saturated heterocycles. The topological polar surface area (TPSA) is 59.7 Å². The molecule has 0 amide bonds. The number of furan rings is 1. The number of aromatic carboxylic acids is 1. The summed E-state index contributed by atoms with van der Waals surface area (Å²) in [6.07, 6.45) is 0. The number of ether oxygens (including phenoxy) is 1. The molecule has 0 saturated carbocycles. The molecule has 4 aromatic rings. The minimum Gasteiger partial charge on any atom is -0.489 e. The minimum absolute atomic E-state index is 0.132. The number of hydrogen-bond acceptors (Lipinski definition) is 3. The largest absolute Gasteiger partial charge is 0.489 e. The van der Waals surface area contributed by atoms with E-state index in [9.17, 15) is 9.90 Å². The Labute approximate surface area is 166 Å². The van der Waals surface area contributed by atoms with E-state index in [1.54, 1.807) is 24.3 Å². The van der Waals surface area contributed by atoms with Crippen molar-refractivity contribution in [1.29, 1.82) is 0 Å². The number of carbonyl (C=O) groups is 1. The predicted octanol–water partition coefficient (Wildman–Crippen LogP) is 6.34. The Kier molecular flexibility index (Phi) is 4.80. The number of carboxylic acid groups (broad SMARTS) is 1. The van der Waals surface area contributed by atoms with Crippen LogP contribution in [0.5, 0.6) is 5.75 Å². The fourth-order valence-electron chi connectivity index (χ4n) is 3.08. The number of benzene rings is 3. The summed E-state index contributed by atoms with van der Waals surface area (Å²) in [5.74, 6) is -0.137. The fraction of sp³-hybridized carbons (Fsp3) is 0.0870. The van der Waals surface area contributed by atoms with Crippen molar-refractivity contribution in [1.82, 2.24) is 0 Å². The highest BCUT2D eigenvalue weighted by Crippen LogP contribution is 2.35. The highest BCUT2D eigenvalue weighted by atomic mass is 35.5. The van der Waals surface area contributed by atoms with Crippen LogP contribution in [-0.4, -0.2) is 11.1 Å². The first-order chi connectivity index (χ1) is 13.5. The minimum atomic E-state index is -1.04. The zero-order valence-electron chi connectivity index (χ0n) is 15.1. The van der Waals surface area contributed by atoms with Crippen LogP contribution in [0.25, 0.3) is 22.3 Å². The molecular weight excluding hydrogens is 376 g/mol. The molecule has 1 heterocycles. The summed E-state index contributed by atoms with van der Waals surface area (Å²) in [6, 6.07) is 20.2. The third kappa shape index (κ3) is 3.59. The molecule has 1 N–H and O–H groups in total. The second kappa shape index (κ2) is 7.41. The molecule has 0 aliphatic carbocycles. The van der Waals surface area contributed by atoms with Gasteiger partial charge in [0.25, 0.3) is 0 Å². The van der Waals surface area contributed by atoms with Gasteiger partial charge in [-0.1, -0.05) is 53.6 Å². The van der Waals surface area contributed by atoms with E-state index in [0.29, 0.717) is 34.1 Å². The van der Waals surface area contributed by atoms with Crippen molar-refractivity contribution in [3.05, 3.63) is 88.4 Å². The van der Waals surface area contributed by atoms with Crippen molar-refractivity contribution in [2.24, 2.45) is 0 Å². The first kappa shape index (κ1) is 18.1. The van der Waals surface area contributed by atoms with E-state index in [0.717, 1.165) is 16.7 Å². The number of fused-ring (bicyclic) bond motifs is 1. The van der Waals surface area contributed by atoms with Crippen LogP contribution in [0, 0.1) is 6.92 Å². The molecule has 0 aliphatic heterocycles. The van der Waals surface area contributed by atoms with Gasteiger partial charge in [-0.3, -0.25) is 0 Å². The second-order valence-corrected chi connectivity index (χ2v) is 6.99. The van der Waals surface area contributed by atoms with Crippen LogP contribution in [0.1, 0.15) is 21.5 Å². The Morgan fingerprint density at radius 3 is 2.57 bits per heavy atom. The van der Waals surface area contributed by atoms with Crippen molar-refractivity contribution in [3.8, 4) is 17.1 Å². The Bertz CT molecular complexity index is 1160. The SMILES string of the molecule is Cc1ccc(-c2oc3ccc(OCc4cccc(Cl)c4)cc3c2C(=O)O)cc1. The number of halogens is 1. The van der Waals surface area contributed by atoms with Gasteiger partial charge in [0, 0.05) is 16.0 Å². The summed E-state index contributed by atoms with van der Waals surface area (Å²) < 4.78 is 11.7. The normalized spacial score (nSPS) is 10.9. The number of rotatable bonds is 5. The maximum absolute atomic E-state index is 11.9. The van der Waals surface area contributed by atoms with Crippen molar-refractivity contribution in [2.75, 3.05) is 0 Å². The Morgan fingerprint density at radius 2 is 1.86 bits per heavy atom. The van der Waals surface area contributed by atoms with Crippen LogP contribution < -0.4 is 4.74 Å². The van der Waals surface area contributed by atoms with E-state index in [1.807, 2.05) is 49.4 Å². The van der Waals surface area contributed by atoms with Crippen LogP contribution in [0.15, 0.2) is 71.1 Å². The van der Waals surface area contributed by atoms with Gasteiger partial charge in [0.15, 0.2) is 0 Å². The van der Waals surface area contributed by atoms with Gasteiger partial charge in [0.1, 0.15) is 29.3 Å². The molecule has 4 nitrogen and oxygen atoms in total. The standard InChI is InChI=1S/C23H17ClO4/c1-14-5-7-16(8-6-14)22-21(23(25)26)19-12-18(9-10-20(19)28-22)27-13-15-3-2-4-17(24)11-15/h2-12H,13H2,1H3,(H,25,26). The third-order valence-corrected chi connectivity index (χ3v) is 4.72. The summed E-state index contributed by atoms with van der Waals surface area (Å²) in [6.45, 7) is 2.31. The number of hydrogen-bond donors (Lipinski definition) is 1. The van der Waals surface area contributed by atoms with E-state index >= 15 is 0 Å². The molecule has 0 unspecified atom stereocenters. The average molecular weight is 393 g/mol. The highest BCUT2D eigenvalue weighted by molar-refractivity contribution is 6.30. The van der Waals surface area contributed by atoms with Gasteiger partial charge in [-0.2, -0.15) is 0 Å². The van der Waals surface area contributed by atoms with Gasteiger partial charge in [-0.05, 0) is 42.8 Å². The quantitative estimate of drug-likeness (QED) is 0.430. The molecule has 0 spiro atoms. The Morgan fingerprint density at radius 1 is 1.07 bits per heavy atom. The van der Waals surface area contributed by atoms with Gasteiger partial charge in [0.05, 0.1) is 0 Å². The van der Waals surface area contributed by atoms with E-state index in [2.05, 4.69) is 0 Å². The summed E-state index contributed by atoms with van der Waals surface area (Å²) in [4.78, 5) is 11.9. The van der Waals surface area contributed by atoms with Crippen molar-refractivity contribution >= 4 is 28.5 Å². The predicted molar refractivity (Wildman–Crippen MR) is 109 cm³/mol. The lowest BCUT2D eigenvalue weighted by Gasteiger charge is -2.06. The third-order valence-electron chi connectivity index (χ3n) is 4.48. The zero-order valence-corrected chi connectivity index (χ0v) is 15.9. The van der Waals surface area contributed by atoms with Crippen LogP contribution >= 0.6 is 11.6 Å². The Hall–Kier alpha value is -3.24. The molecule has 140 valence electrons. The molecule has 0 aliphatic rings. The zero-order chi connectivity index (χ0) is 19.7. The fourth-order valence-corrected chi connectivity index (χ4v) is 3.29. The summed E-state index contributed by atoms with van der Waals surface area (Å²) in [5, 5.41) is 10.9. The smallest absolute Gasteiger partial charge is 0.340 e. The molecular formula is C23H17ClO4. The maximum atomic E-state index is 11.9. The molecule has 28 heavy (non-hydrogen) atoms. The lowest BCUT2D eigenvalue weighted by Crippen LogP contribution is -1.98. The average Bonchev–Trinajstić information content (AvgIpc) is 3.06. The second-order valence-electron chi connectivity index (χ2n) is 6.55. The lowest BCUT2D eigenvalue weighted by molar-refractivity contribution is 0.0699. The number of carboxylic acids is 1. The van der Waals surface area contributed by atoms with E-state index < -0.39 is 5.97 Å². The lowest BCUT2D eigenvalue weighted by atomic mass is 10.0. The molecule has 0 bridgehead atoms. The van der Waals surface area contributed by atoms with Gasteiger partial charge >= 0.3 is 5.97 Å². The molecule has 0 fully saturated rings. The molecule has 0 atom stereocenters. The van der Waals surface area contributed by atoms with Crippen LogP contribution in [0.3, 0.4) is 0 Å². The first-order valence-corrected chi connectivity index (χ1v) is 9.13. The van der Waals surface area contributed by atoms with Crippen LogP contribution in [0.4, 0.5) is 0 Å². The highest BCUT2D eigenvalue weighted by Gasteiger charge is 2.22. The van der Waals surface area contributed by atoms with Crippen LogP contribution in [0.2, 0.25) is 5.02 Å². The van der Waals surface area contributed by atoms with Gasteiger partial charge in [-0.25, -0.2) is 4.79 Å². The van der Waals surface area contributed by atoms with Gasteiger partial charge in [-0.15, -0.1) is 0 Å². The van der Waals surface area contributed by atoms with Gasteiger partial charge in [0.2, 0.25) is 0 Å². The van der Waals surface area contributed by atoms with E-state index in [-0.39, 0.29) is 5.56 Å². The molecule has 5 heteroatoms. The summed E-state index contributed by atoms with van der Waals surface area (Å²) in [5.41, 5.74) is 3.38. The van der Waals surface area contributed by atoms with E-state index in [4.69, 9.17) is 20.8 Å². The molecule has 3 aromatic carbocycles. The van der Waals surface area contributed by atoms with Crippen molar-refractivity contribution in [3.63, 3.8) is 0 Å². The first-order valence-electron chi connectivity index (χ1n) is 8.75. The number of aryl methyl sites for hydroxylation is 1. The molecule has 4 rings (SSSR count). The van der Waals surface area contributed by atoms with Crippen molar-refractivity contribution in [2.45, 2.75) is 13.5 Å². The monoisotopic (exact) mass is 392 g/mol. The Balaban J connectivity index is 1.71. The van der Waals surface area contributed by atoms with Crippen LogP contribution in [-0.2, 0) is 6.61 Å². The summed E-state index contributed by atoms with van der Waals surface area (Å²) in [7, 11) is 0. The van der Waals surface area contributed by atoms with Gasteiger partial charge < -0.3 is 14.3 Å². The van der Waals surface area contributed by atoms with E-state index in [1.165, 1.54) is 0 Å². The molecule has 0 radical (unpaired) electrons.